The predicted molar refractivity (Wildman–Crippen MR) is 96.3 cm³/mol. The Bertz CT molecular complexity index is 1050. The molecule has 6 atom stereocenters. The molecule has 0 bridgehead atoms. The number of nitrogens with two attached hydrogens (primary N) is 1. The van der Waals surface area contributed by atoms with Crippen LogP contribution in [0.3, 0.4) is 0 Å². The second-order valence-corrected chi connectivity index (χ2v) is 10.4. The number of pyridine rings is 1. The molecule has 21 heteroatoms. The summed E-state index contributed by atoms with van der Waals surface area (Å²) in [5, 5.41) is 28.7. The van der Waals surface area contributed by atoms with E-state index >= 15 is 0 Å². The summed E-state index contributed by atoms with van der Waals surface area (Å²) in [7, 11) is -17.2. The normalized spacial score (nSPS) is 27.4. The van der Waals surface area contributed by atoms with E-state index in [-0.39, 0.29) is 4.73 Å². The summed E-state index contributed by atoms with van der Waals surface area (Å²) in [6, 6.07) is 0.682. The standard InChI is InChI=1S/C11H17N2O16P3/c12-10(18)5-3-13(2-1-6(5)15)27-32(24,29-31(22,23)28-30(19,20)21)26-11-9(17)8(16)7(4-14)25-11/h1-3,7-9,11,14,16-17H,4H2,(H2,12,18)(H,22,23)(H2,19,20,21)/t7-,8-,9-,11?,32?/m1/s1. The number of ether oxygens (including phenoxy) is 1. The molecule has 2 heterocycles. The molecule has 8 N–H and O–H groups in total. The molecular formula is C11H17N2O16P3. The number of carbonyl (C=O) groups excluding carboxylic acids is 1. The Hall–Kier alpha value is -1.49. The van der Waals surface area contributed by atoms with E-state index in [1.807, 2.05) is 0 Å². The van der Waals surface area contributed by atoms with Crippen LogP contribution in [-0.2, 0) is 31.6 Å². The van der Waals surface area contributed by atoms with Crippen molar-refractivity contribution >= 4 is 29.4 Å². The van der Waals surface area contributed by atoms with Crippen LogP contribution in [0.25, 0.3) is 0 Å². The van der Waals surface area contributed by atoms with Crippen molar-refractivity contribution in [1.29, 1.82) is 0 Å². The Balaban J connectivity index is 2.41. The molecule has 1 aromatic heterocycles. The topological polar surface area (TPSA) is 284 Å². The highest BCUT2D eigenvalue weighted by Crippen LogP contribution is 2.67. The molecule has 0 saturated carbocycles. The van der Waals surface area contributed by atoms with Crippen molar-refractivity contribution in [2.24, 2.45) is 5.73 Å². The second-order valence-electron chi connectivity index (χ2n) is 5.91. The number of phosphoric acid groups is 3. The highest BCUT2D eigenvalue weighted by molar-refractivity contribution is 7.66. The van der Waals surface area contributed by atoms with Crippen molar-refractivity contribution in [3.8, 4) is 0 Å². The maximum atomic E-state index is 13.0. The Morgan fingerprint density at radius 2 is 1.78 bits per heavy atom. The molecule has 32 heavy (non-hydrogen) atoms. The number of aliphatic hydroxyl groups excluding tert-OH is 3. The third kappa shape index (κ3) is 7.00. The van der Waals surface area contributed by atoms with Gasteiger partial charge in [0.1, 0.15) is 23.9 Å². The lowest BCUT2D eigenvalue weighted by Gasteiger charge is -2.24. The van der Waals surface area contributed by atoms with Gasteiger partial charge in [-0.15, -0.1) is 0 Å². The Morgan fingerprint density at radius 1 is 1.16 bits per heavy atom. The summed E-state index contributed by atoms with van der Waals surface area (Å²) in [5.41, 5.74) is 3.36. The maximum absolute atomic E-state index is 13.0. The number of hydrogen-bond donors (Lipinski definition) is 7. The molecule has 1 aliphatic rings. The van der Waals surface area contributed by atoms with Gasteiger partial charge in [0.2, 0.25) is 0 Å². The Kier molecular flexibility index (Phi) is 8.18. The van der Waals surface area contributed by atoms with Crippen LogP contribution in [-0.4, -0.2) is 71.8 Å². The minimum absolute atomic E-state index is 0.279. The molecule has 0 radical (unpaired) electrons. The number of aliphatic hydroxyl groups is 3. The lowest BCUT2D eigenvalue weighted by molar-refractivity contribution is -0.128. The van der Waals surface area contributed by atoms with Crippen LogP contribution in [0.4, 0.5) is 0 Å². The van der Waals surface area contributed by atoms with Crippen molar-refractivity contribution in [2.75, 3.05) is 6.61 Å². The summed E-state index contributed by atoms with van der Waals surface area (Å²) in [5.74, 6) is -1.26. The summed E-state index contributed by atoms with van der Waals surface area (Å²) in [4.78, 5) is 49.7. The fourth-order valence-electron chi connectivity index (χ4n) is 2.22. The smallest absolute Gasteiger partial charge is 0.394 e. The third-order valence-corrected chi connectivity index (χ3v) is 7.65. The first-order chi connectivity index (χ1) is 14.6. The summed E-state index contributed by atoms with van der Waals surface area (Å²) in [6.07, 6.45) is -6.17. The molecule has 0 aliphatic carbocycles. The van der Waals surface area contributed by atoms with Crippen LogP contribution in [0, 0.1) is 0 Å². The fourth-order valence-corrected chi connectivity index (χ4v) is 5.77. The third-order valence-electron chi connectivity index (χ3n) is 3.50. The van der Waals surface area contributed by atoms with Gasteiger partial charge in [-0.2, -0.15) is 13.4 Å². The summed E-state index contributed by atoms with van der Waals surface area (Å²) >= 11 is 0. The second kappa shape index (κ2) is 9.79. The van der Waals surface area contributed by atoms with Crippen LogP contribution >= 0.6 is 23.5 Å². The van der Waals surface area contributed by atoms with Crippen molar-refractivity contribution in [3.63, 3.8) is 0 Å². The van der Waals surface area contributed by atoms with Crippen LogP contribution < -0.4 is 15.8 Å². The quantitative estimate of drug-likeness (QED) is 0.151. The fraction of sp³-hybridized carbons (Fsp3) is 0.455. The van der Waals surface area contributed by atoms with Gasteiger partial charge in [-0.05, 0) is 0 Å². The van der Waals surface area contributed by atoms with Gasteiger partial charge in [0, 0.05) is 12.3 Å². The monoisotopic (exact) mass is 526 g/mol. The predicted octanol–water partition coefficient (Wildman–Crippen LogP) is -2.83. The molecule has 1 fully saturated rings. The van der Waals surface area contributed by atoms with Crippen molar-refractivity contribution < 1.29 is 71.0 Å². The van der Waals surface area contributed by atoms with E-state index in [2.05, 4.69) is 13.1 Å². The van der Waals surface area contributed by atoms with Crippen molar-refractivity contribution in [2.45, 2.75) is 24.6 Å². The van der Waals surface area contributed by atoms with Crippen molar-refractivity contribution in [3.05, 3.63) is 34.2 Å². The van der Waals surface area contributed by atoms with E-state index in [1.165, 1.54) is 0 Å². The van der Waals surface area contributed by atoms with Gasteiger partial charge in [-0.1, -0.05) is 0 Å². The molecule has 1 aromatic rings. The van der Waals surface area contributed by atoms with E-state index in [9.17, 15) is 38.4 Å². The first-order valence-corrected chi connectivity index (χ1v) is 12.5. The van der Waals surface area contributed by atoms with E-state index in [0.29, 0.717) is 18.5 Å². The van der Waals surface area contributed by atoms with Gasteiger partial charge < -0.3 is 45.1 Å². The van der Waals surface area contributed by atoms with Crippen LogP contribution in [0.15, 0.2) is 23.3 Å². The molecular weight excluding hydrogens is 509 g/mol. The summed E-state index contributed by atoms with van der Waals surface area (Å²) in [6.45, 7) is -0.856. The number of primary amides is 1. The van der Waals surface area contributed by atoms with Gasteiger partial charge >= 0.3 is 23.5 Å². The average molecular weight is 526 g/mol. The molecule has 182 valence electrons. The van der Waals surface area contributed by atoms with E-state index in [4.69, 9.17) is 30.0 Å². The van der Waals surface area contributed by atoms with Gasteiger partial charge in [0.05, 0.1) is 12.8 Å². The minimum atomic E-state index is -5.92. The molecule has 1 saturated heterocycles. The van der Waals surface area contributed by atoms with Gasteiger partial charge in [-0.3, -0.25) is 9.59 Å². The van der Waals surface area contributed by atoms with E-state index in [0.717, 1.165) is 0 Å². The SMILES string of the molecule is NC(=O)c1cn(OP(=O)(OC2O[C@H](CO)[C@@H](O)[C@H]2O)OP(=O)(O)OP(=O)(O)O)ccc1=O. The lowest BCUT2D eigenvalue weighted by atomic mass is 10.1. The largest absolute Gasteiger partial charge is 0.560 e. The van der Waals surface area contributed by atoms with Gasteiger partial charge in [0.25, 0.3) is 5.91 Å². The first kappa shape index (κ1) is 26.8. The van der Waals surface area contributed by atoms with Gasteiger partial charge in [0.15, 0.2) is 11.7 Å². The first-order valence-electron chi connectivity index (χ1n) is 8.00. The molecule has 3 unspecified atom stereocenters. The zero-order valence-corrected chi connectivity index (χ0v) is 18.1. The molecule has 0 aromatic carbocycles. The van der Waals surface area contributed by atoms with E-state index in [1.54, 1.807) is 0 Å². The Morgan fingerprint density at radius 3 is 2.28 bits per heavy atom. The minimum Gasteiger partial charge on any atom is -0.394 e. The zero-order chi connectivity index (χ0) is 24.5. The lowest BCUT2D eigenvalue weighted by Crippen LogP contribution is -2.34. The van der Waals surface area contributed by atoms with Gasteiger partial charge in [-0.25, -0.2) is 18.2 Å². The van der Waals surface area contributed by atoms with Crippen LogP contribution in [0.5, 0.6) is 0 Å². The zero-order valence-electron chi connectivity index (χ0n) is 15.4. The number of aromatic nitrogens is 1. The number of amides is 1. The highest BCUT2D eigenvalue weighted by Gasteiger charge is 2.51. The molecule has 0 spiro atoms. The summed E-state index contributed by atoms with van der Waals surface area (Å²) < 4.78 is 57.8. The molecule has 1 aliphatic heterocycles. The molecule has 2 rings (SSSR count). The van der Waals surface area contributed by atoms with Crippen LogP contribution in [0.2, 0.25) is 0 Å². The maximum Gasteiger partial charge on any atom is 0.560 e. The Labute approximate surface area is 177 Å². The molecule has 18 nitrogen and oxygen atoms in total. The van der Waals surface area contributed by atoms with Crippen molar-refractivity contribution in [1.82, 2.24) is 4.73 Å². The molecule has 1 amide bonds. The number of rotatable bonds is 10. The number of hydrogen-bond acceptors (Lipinski definition) is 13. The number of nitrogens with zero attached hydrogens (tertiary/aromatic N) is 1. The van der Waals surface area contributed by atoms with Crippen LogP contribution in [0.1, 0.15) is 10.4 Å². The average Bonchev–Trinajstić information content (AvgIpc) is 2.87. The highest BCUT2D eigenvalue weighted by atomic mass is 31.3. The number of carbonyl (C=O) groups is 1. The van der Waals surface area contributed by atoms with E-state index < -0.39 is 71.6 Å².